The monoisotopic (exact) mass is 369 g/mol. The van der Waals surface area contributed by atoms with Crippen LogP contribution in [0.1, 0.15) is 35.6 Å². The molecule has 5 nitrogen and oxygen atoms in total. The van der Waals surface area contributed by atoms with Crippen LogP contribution < -0.4 is 18.9 Å². The van der Waals surface area contributed by atoms with Gasteiger partial charge in [0.2, 0.25) is 0 Å². The summed E-state index contributed by atoms with van der Waals surface area (Å²) in [5.41, 5.74) is 6.21. The van der Waals surface area contributed by atoms with E-state index in [0.717, 1.165) is 47.1 Å². The molecule has 0 spiro atoms. The van der Waals surface area contributed by atoms with Crippen molar-refractivity contribution in [1.82, 2.24) is 4.90 Å². The van der Waals surface area contributed by atoms with E-state index in [1.807, 2.05) is 0 Å². The summed E-state index contributed by atoms with van der Waals surface area (Å²) in [6, 6.07) is 6.64. The predicted molar refractivity (Wildman–Crippen MR) is 106 cm³/mol. The molecule has 144 valence electrons. The summed E-state index contributed by atoms with van der Waals surface area (Å²) < 4.78 is 22.7. The second kappa shape index (κ2) is 6.64. The highest BCUT2D eigenvalue weighted by atomic mass is 16.5. The number of hydrogen-bond donors (Lipinski definition) is 0. The van der Waals surface area contributed by atoms with Crippen LogP contribution in [0.5, 0.6) is 23.0 Å². The van der Waals surface area contributed by atoms with Gasteiger partial charge in [-0.3, -0.25) is 4.90 Å². The van der Waals surface area contributed by atoms with Crippen LogP contribution in [-0.2, 0) is 6.42 Å². The van der Waals surface area contributed by atoms with Crippen LogP contribution in [0.3, 0.4) is 0 Å². The molecule has 0 radical (unpaired) electrons. The minimum absolute atomic E-state index is 0.300. The van der Waals surface area contributed by atoms with Gasteiger partial charge in [-0.05, 0) is 53.9 Å². The van der Waals surface area contributed by atoms with Crippen LogP contribution in [0.4, 0.5) is 0 Å². The van der Waals surface area contributed by atoms with Crippen molar-refractivity contribution in [1.29, 1.82) is 0 Å². The maximum absolute atomic E-state index is 5.85. The fraction of sp³-hybridized carbons (Fsp3) is 0.455. The van der Waals surface area contributed by atoms with E-state index in [1.165, 1.54) is 16.7 Å². The third-order valence-corrected chi connectivity index (χ3v) is 6.09. The van der Waals surface area contributed by atoms with Gasteiger partial charge in [0.15, 0.2) is 23.0 Å². The molecule has 0 bridgehead atoms. The molecular weight excluding hydrogens is 342 g/mol. The lowest BCUT2D eigenvalue weighted by molar-refractivity contribution is 0.202. The molecule has 1 aliphatic heterocycles. The average Bonchev–Trinajstić information content (AvgIpc) is 2.70. The Morgan fingerprint density at radius 2 is 1.56 bits per heavy atom. The Morgan fingerprint density at radius 3 is 2.19 bits per heavy atom. The molecule has 2 aromatic rings. The molecule has 0 saturated carbocycles. The molecule has 0 aromatic heterocycles. The average molecular weight is 369 g/mol. The van der Waals surface area contributed by atoms with Crippen molar-refractivity contribution in [2.45, 2.75) is 25.3 Å². The third kappa shape index (κ3) is 2.48. The van der Waals surface area contributed by atoms with E-state index in [2.05, 4.69) is 37.1 Å². The van der Waals surface area contributed by atoms with Crippen LogP contribution in [0.2, 0.25) is 0 Å². The predicted octanol–water partition coefficient (Wildman–Crippen LogP) is 4.03. The van der Waals surface area contributed by atoms with Crippen molar-refractivity contribution < 1.29 is 18.9 Å². The largest absolute Gasteiger partial charge is 0.493 e. The Hall–Kier alpha value is -2.40. The van der Waals surface area contributed by atoms with E-state index in [0.29, 0.717) is 12.0 Å². The number of hydrogen-bond acceptors (Lipinski definition) is 5. The molecular formula is C22H27NO4. The van der Waals surface area contributed by atoms with Gasteiger partial charge in [0.25, 0.3) is 0 Å². The van der Waals surface area contributed by atoms with Crippen LogP contribution >= 0.6 is 0 Å². The molecule has 2 aliphatic rings. The number of benzene rings is 2. The quantitative estimate of drug-likeness (QED) is 0.814. The minimum Gasteiger partial charge on any atom is -0.493 e. The Morgan fingerprint density at radius 1 is 0.889 bits per heavy atom. The standard InChI is InChI=1S/C22H27NO4/c1-12-14-10-16(24-3)17(25-4)11-15(14)20-19-13(7-8-23(2)21(12)19)9-18(26-5)22(20)27-6/h9-12,21H,7-8H2,1-6H3/t12-,21+/m1/s1. The molecule has 1 aliphatic carbocycles. The van der Waals surface area contributed by atoms with Gasteiger partial charge in [0, 0.05) is 24.1 Å². The van der Waals surface area contributed by atoms with Gasteiger partial charge in [-0.15, -0.1) is 0 Å². The van der Waals surface area contributed by atoms with Crippen LogP contribution in [0, 0.1) is 0 Å². The first-order valence-electron chi connectivity index (χ1n) is 9.29. The van der Waals surface area contributed by atoms with E-state index in [1.54, 1.807) is 28.4 Å². The minimum atomic E-state index is 0.300. The Balaban J connectivity index is 2.11. The van der Waals surface area contributed by atoms with E-state index in [4.69, 9.17) is 18.9 Å². The molecule has 0 amide bonds. The van der Waals surface area contributed by atoms with Gasteiger partial charge < -0.3 is 18.9 Å². The summed E-state index contributed by atoms with van der Waals surface area (Å²) in [7, 11) is 8.97. The van der Waals surface area contributed by atoms with E-state index in [-0.39, 0.29) is 0 Å². The second-order valence-electron chi connectivity index (χ2n) is 7.32. The SMILES string of the molecule is COc1cc2c(cc1OC)[C@@H](C)[C@H]1c3c(cc(OC)c(OC)c3-2)CCN1C. The van der Waals surface area contributed by atoms with E-state index in [9.17, 15) is 0 Å². The highest BCUT2D eigenvalue weighted by molar-refractivity contribution is 5.85. The number of fused-ring (bicyclic) bond motifs is 2. The molecule has 0 fully saturated rings. The number of nitrogens with zero attached hydrogens (tertiary/aromatic N) is 1. The number of methoxy groups -OCH3 is 4. The van der Waals surface area contributed by atoms with Crippen LogP contribution in [0.15, 0.2) is 18.2 Å². The maximum atomic E-state index is 5.85. The fourth-order valence-corrected chi connectivity index (χ4v) is 4.82. The zero-order valence-corrected chi connectivity index (χ0v) is 16.9. The summed E-state index contributed by atoms with van der Waals surface area (Å²) in [5.74, 6) is 3.38. The van der Waals surface area contributed by atoms with Crippen molar-refractivity contribution in [2.75, 3.05) is 42.0 Å². The highest BCUT2D eigenvalue weighted by Crippen LogP contribution is 2.57. The fourth-order valence-electron chi connectivity index (χ4n) is 4.82. The molecule has 1 heterocycles. The molecule has 0 unspecified atom stereocenters. The smallest absolute Gasteiger partial charge is 0.168 e. The molecule has 2 aromatic carbocycles. The third-order valence-electron chi connectivity index (χ3n) is 6.09. The van der Waals surface area contributed by atoms with Crippen molar-refractivity contribution >= 4 is 0 Å². The number of ether oxygens (including phenoxy) is 4. The number of rotatable bonds is 4. The zero-order valence-electron chi connectivity index (χ0n) is 16.9. The van der Waals surface area contributed by atoms with Crippen molar-refractivity contribution in [3.05, 3.63) is 34.9 Å². The molecule has 4 rings (SSSR count). The zero-order chi connectivity index (χ0) is 19.3. The Kier molecular flexibility index (Phi) is 4.42. The first-order chi connectivity index (χ1) is 13.0. The molecule has 0 saturated heterocycles. The van der Waals surface area contributed by atoms with Crippen LogP contribution in [-0.4, -0.2) is 46.9 Å². The van der Waals surface area contributed by atoms with E-state index < -0.39 is 0 Å². The van der Waals surface area contributed by atoms with Gasteiger partial charge in [-0.25, -0.2) is 0 Å². The van der Waals surface area contributed by atoms with Gasteiger partial charge >= 0.3 is 0 Å². The summed E-state index contributed by atoms with van der Waals surface area (Å²) in [4.78, 5) is 2.45. The normalized spacial score (nSPS) is 20.5. The lowest BCUT2D eigenvalue weighted by Gasteiger charge is -2.44. The first-order valence-corrected chi connectivity index (χ1v) is 9.29. The van der Waals surface area contributed by atoms with E-state index >= 15 is 0 Å². The summed E-state index contributed by atoms with van der Waals surface area (Å²) in [6.45, 7) is 3.32. The van der Waals surface area contributed by atoms with Crippen molar-refractivity contribution in [2.24, 2.45) is 0 Å². The topological polar surface area (TPSA) is 40.2 Å². The molecule has 27 heavy (non-hydrogen) atoms. The van der Waals surface area contributed by atoms with Gasteiger partial charge in [0.05, 0.1) is 28.4 Å². The maximum Gasteiger partial charge on any atom is 0.168 e. The van der Waals surface area contributed by atoms with Crippen molar-refractivity contribution in [3.8, 4) is 34.1 Å². The lowest BCUT2D eigenvalue weighted by Crippen LogP contribution is -2.37. The van der Waals surface area contributed by atoms with Gasteiger partial charge in [-0.2, -0.15) is 0 Å². The van der Waals surface area contributed by atoms with Gasteiger partial charge in [-0.1, -0.05) is 6.92 Å². The van der Waals surface area contributed by atoms with Crippen molar-refractivity contribution in [3.63, 3.8) is 0 Å². The lowest BCUT2D eigenvalue weighted by atomic mass is 9.71. The second-order valence-corrected chi connectivity index (χ2v) is 7.32. The summed E-state index contributed by atoms with van der Waals surface area (Å²) >= 11 is 0. The van der Waals surface area contributed by atoms with Crippen LogP contribution in [0.25, 0.3) is 11.1 Å². The number of likely N-dealkylation sites (N-methyl/N-ethyl adjacent to an activating group) is 1. The molecule has 5 heteroatoms. The molecule has 0 N–H and O–H groups in total. The highest BCUT2D eigenvalue weighted by Gasteiger charge is 2.40. The van der Waals surface area contributed by atoms with Gasteiger partial charge in [0.1, 0.15) is 0 Å². The first kappa shape index (κ1) is 18.0. The summed E-state index contributed by atoms with van der Waals surface area (Å²) in [6.07, 6.45) is 1.00. The summed E-state index contributed by atoms with van der Waals surface area (Å²) in [5, 5.41) is 0. The Labute approximate surface area is 160 Å². The molecule has 2 atom stereocenters. The Bertz CT molecular complexity index is 893.